The Morgan fingerprint density at radius 3 is 3.00 bits per heavy atom. The van der Waals surface area contributed by atoms with Crippen LogP contribution in [0.3, 0.4) is 0 Å². The molecule has 0 saturated carbocycles. The van der Waals surface area contributed by atoms with Gasteiger partial charge in [0, 0.05) is 12.1 Å². The maximum absolute atomic E-state index is 11.4. The SMILES string of the molecule is CC[C@H](C)NC(=O)c1cc(N)n[nH]1. The molecule has 1 rings (SSSR count). The number of anilines is 1. The number of nitrogens with one attached hydrogen (secondary N) is 2. The van der Waals surface area contributed by atoms with Crippen molar-refractivity contribution in [3.63, 3.8) is 0 Å². The molecule has 1 atom stereocenters. The van der Waals surface area contributed by atoms with Crippen LogP contribution in [-0.2, 0) is 0 Å². The normalized spacial score (nSPS) is 12.5. The molecule has 13 heavy (non-hydrogen) atoms. The molecule has 4 N–H and O–H groups in total. The highest BCUT2D eigenvalue weighted by Gasteiger charge is 2.10. The van der Waals surface area contributed by atoms with Crippen LogP contribution in [0.4, 0.5) is 5.82 Å². The van der Waals surface area contributed by atoms with Crippen LogP contribution < -0.4 is 11.1 Å². The summed E-state index contributed by atoms with van der Waals surface area (Å²) in [5.74, 6) is 0.160. The van der Waals surface area contributed by atoms with Gasteiger partial charge in [0.15, 0.2) is 0 Å². The molecule has 0 aliphatic carbocycles. The lowest BCUT2D eigenvalue weighted by molar-refractivity contribution is 0.0934. The van der Waals surface area contributed by atoms with Crippen molar-refractivity contribution in [1.82, 2.24) is 15.5 Å². The monoisotopic (exact) mass is 182 g/mol. The zero-order chi connectivity index (χ0) is 9.84. The molecule has 1 amide bonds. The van der Waals surface area contributed by atoms with E-state index >= 15 is 0 Å². The maximum Gasteiger partial charge on any atom is 0.269 e. The van der Waals surface area contributed by atoms with Gasteiger partial charge in [-0.1, -0.05) is 6.92 Å². The van der Waals surface area contributed by atoms with E-state index in [0.717, 1.165) is 6.42 Å². The standard InChI is InChI=1S/C8H14N4O/c1-3-5(2)10-8(13)6-4-7(9)12-11-6/h4-5H,3H2,1-2H3,(H,10,13)(H3,9,11,12)/t5-/m0/s1. The molecular formula is C8H14N4O. The van der Waals surface area contributed by atoms with Gasteiger partial charge in [-0.2, -0.15) is 5.10 Å². The zero-order valence-electron chi connectivity index (χ0n) is 7.79. The molecule has 1 aromatic rings. The fourth-order valence-corrected chi connectivity index (χ4v) is 0.857. The summed E-state index contributed by atoms with van der Waals surface area (Å²) in [4.78, 5) is 11.4. The highest BCUT2D eigenvalue weighted by molar-refractivity contribution is 5.93. The topological polar surface area (TPSA) is 83.8 Å². The quantitative estimate of drug-likeness (QED) is 0.637. The van der Waals surface area contributed by atoms with Gasteiger partial charge < -0.3 is 11.1 Å². The van der Waals surface area contributed by atoms with Crippen LogP contribution in [0.25, 0.3) is 0 Å². The van der Waals surface area contributed by atoms with Gasteiger partial charge in [0.1, 0.15) is 11.5 Å². The predicted octanol–water partition coefficient (Wildman–Crippen LogP) is 0.520. The van der Waals surface area contributed by atoms with E-state index in [2.05, 4.69) is 15.5 Å². The summed E-state index contributed by atoms with van der Waals surface area (Å²) in [5, 5.41) is 9.00. The van der Waals surface area contributed by atoms with E-state index in [4.69, 9.17) is 5.73 Å². The third-order valence-corrected chi connectivity index (χ3v) is 1.83. The Morgan fingerprint density at radius 1 is 1.85 bits per heavy atom. The van der Waals surface area contributed by atoms with Gasteiger partial charge >= 0.3 is 0 Å². The Hall–Kier alpha value is -1.52. The van der Waals surface area contributed by atoms with Crippen LogP contribution in [0.1, 0.15) is 30.8 Å². The molecule has 5 heteroatoms. The number of amides is 1. The molecule has 0 radical (unpaired) electrons. The van der Waals surface area contributed by atoms with Crippen LogP contribution >= 0.6 is 0 Å². The molecule has 1 aromatic heterocycles. The molecule has 0 aliphatic heterocycles. The number of hydrogen-bond donors (Lipinski definition) is 3. The average molecular weight is 182 g/mol. The van der Waals surface area contributed by atoms with Crippen LogP contribution in [0.15, 0.2) is 6.07 Å². The largest absolute Gasteiger partial charge is 0.382 e. The molecule has 0 fully saturated rings. The first kappa shape index (κ1) is 9.57. The van der Waals surface area contributed by atoms with E-state index in [1.54, 1.807) is 0 Å². The van der Waals surface area contributed by atoms with E-state index in [1.807, 2.05) is 13.8 Å². The van der Waals surface area contributed by atoms with E-state index in [-0.39, 0.29) is 11.9 Å². The van der Waals surface area contributed by atoms with Crippen molar-refractivity contribution in [3.05, 3.63) is 11.8 Å². The third kappa shape index (κ3) is 2.47. The van der Waals surface area contributed by atoms with Gasteiger partial charge in [0.2, 0.25) is 0 Å². The molecule has 0 bridgehead atoms. The average Bonchev–Trinajstić information content (AvgIpc) is 2.51. The second kappa shape index (κ2) is 3.93. The van der Waals surface area contributed by atoms with Crippen molar-refractivity contribution in [2.45, 2.75) is 26.3 Å². The van der Waals surface area contributed by atoms with Gasteiger partial charge in [-0.05, 0) is 13.3 Å². The van der Waals surface area contributed by atoms with Crippen molar-refractivity contribution in [1.29, 1.82) is 0 Å². The number of nitrogens with zero attached hydrogens (tertiary/aromatic N) is 1. The number of hydrogen-bond acceptors (Lipinski definition) is 3. The minimum Gasteiger partial charge on any atom is -0.382 e. The summed E-state index contributed by atoms with van der Waals surface area (Å²) in [5.41, 5.74) is 5.76. The molecule has 1 heterocycles. The maximum atomic E-state index is 11.4. The first-order chi connectivity index (χ1) is 6.13. The number of carbonyl (C=O) groups excluding carboxylic acids is 1. The predicted molar refractivity (Wildman–Crippen MR) is 50.2 cm³/mol. The summed E-state index contributed by atoms with van der Waals surface area (Å²) >= 11 is 0. The van der Waals surface area contributed by atoms with Crippen molar-refractivity contribution in [2.75, 3.05) is 5.73 Å². The van der Waals surface area contributed by atoms with Gasteiger partial charge in [0.05, 0.1) is 0 Å². The zero-order valence-corrected chi connectivity index (χ0v) is 7.79. The number of nitrogen functional groups attached to an aromatic ring is 1. The highest BCUT2D eigenvalue weighted by Crippen LogP contribution is 2.00. The molecule has 0 saturated heterocycles. The Morgan fingerprint density at radius 2 is 2.54 bits per heavy atom. The van der Waals surface area contributed by atoms with Crippen molar-refractivity contribution < 1.29 is 4.79 Å². The highest BCUT2D eigenvalue weighted by atomic mass is 16.2. The number of aromatic nitrogens is 2. The van der Waals surface area contributed by atoms with Crippen molar-refractivity contribution in [3.8, 4) is 0 Å². The summed E-state index contributed by atoms with van der Waals surface area (Å²) in [7, 11) is 0. The minimum absolute atomic E-state index is 0.164. The lowest BCUT2D eigenvalue weighted by atomic mass is 10.2. The fourth-order valence-electron chi connectivity index (χ4n) is 0.857. The number of aromatic amines is 1. The second-order valence-electron chi connectivity index (χ2n) is 2.99. The van der Waals surface area contributed by atoms with Crippen molar-refractivity contribution in [2.24, 2.45) is 0 Å². The van der Waals surface area contributed by atoms with E-state index < -0.39 is 0 Å². The minimum atomic E-state index is -0.168. The Balaban J connectivity index is 2.58. The lowest BCUT2D eigenvalue weighted by Crippen LogP contribution is -2.32. The molecule has 0 unspecified atom stereocenters. The van der Waals surface area contributed by atoms with Gasteiger partial charge in [-0.25, -0.2) is 0 Å². The van der Waals surface area contributed by atoms with E-state index in [9.17, 15) is 4.79 Å². The second-order valence-corrected chi connectivity index (χ2v) is 2.99. The molecule has 0 spiro atoms. The number of nitrogens with two attached hydrogens (primary N) is 1. The number of rotatable bonds is 3. The van der Waals surface area contributed by atoms with E-state index in [0.29, 0.717) is 11.5 Å². The Kier molecular flexibility index (Phi) is 2.89. The summed E-state index contributed by atoms with van der Waals surface area (Å²) in [6.07, 6.45) is 0.898. The lowest BCUT2D eigenvalue weighted by Gasteiger charge is -2.09. The molecule has 0 aliphatic rings. The summed E-state index contributed by atoms with van der Waals surface area (Å²) in [6, 6.07) is 1.68. The first-order valence-electron chi connectivity index (χ1n) is 4.25. The molecule has 0 aromatic carbocycles. The van der Waals surface area contributed by atoms with Crippen LogP contribution in [-0.4, -0.2) is 22.1 Å². The summed E-state index contributed by atoms with van der Waals surface area (Å²) < 4.78 is 0. The first-order valence-corrected chi connectivity index (χ1v) is 4.25. The van der Waals surface area contributed by atoms with Gasteiger partial charge in [0.25, 0.3) is 5.91 Å². The molecular weight excluding hydrogens is 168 g/mol. The van der Waals surface area contributed by atoms with Gasteiger partial charge in [-0.15, -0.1) is 0 Å². The van der Waals surface area contributed by atoms with Crippen molar-refractivity contribution >= 4 is 11.7 Å². The van der Waals surface area contributed by atoms with Crippen LogP contribution in [0.2, 0.25) is 0 Å². The van der Waals surface area contributed by atoms with Crippen LogP contribution in [0.5, 0.6) is 0 Å². The smallest absolute Gasteiger partial charge is 0.269 e. The third-order valence-electron chi connectivity index (χ3n) is 1.83. The van der Waals surface area contributed by atoms with E-state index in [1.165, 1.54) is 6.07 Å². The number of carbonyl (C=O) groups is 1. The van der Waals surface area contributed by atoms with Gasteiger partial charge in [-0.3, -0.25) is 9.89 Å². The fraction of sp³-hybridized carbons (Fsp3) is 0.500. The van der Waals surface area contributed by atoms with Crippen LogP contribution in [0, 0.1) is 0 Å². The summed E-state index contributed by atoms with van der Waals surface area (Å²) in [6.45, 7) is 3.95. The molecule has 5 nitrogen and oxygen atoms in total. The Labute approximate surface area is 76.7 Å². The number of H-pyrrole nitrogens is 1. The Bertz CT molecular complexity index is 294. The molecule has 72 valence electrons.